The monoisotopic (exact) mass is 217 g/mol. The van der Waals surface area contributed by atoms with Crippen LogP contribution in [0.1, 0.15) is 13.8 Å². The Balaban J connectivity index is 2.54. The van der Waals surface area contributed by atoms with Gasteiger partial charge in [-0.3, -0.25) is 4.79 Å². The van der Waals surface area contributed by atoms with Gasteiger partial charge in [-0.2, -0.15) is 0 Å². The van der Waals surface area contributed by atoms with Crippen LogP contribution in [0.25, 0.3) is 11.0 Å². The zero-order chi connectivity index (χ0) is 11.5. The highest BCUT2D eigenvalue weighted by molar-refractivity contribution is 5.82. The van der Waals surface area contributed by atoms with Crippen LogP contribution in [0.2, 0.25) is 0 Å². The fourth-order valence-electron chi connectivity index (χ4n) is 1.75. The Kier molecular flexibility index (Phi) is 2.90. The molecule has 0 aliphatic carbocycles. The Morgan fingerprint density at radius 2 is 2.19 bits per heavy atom. The molecular weight excluding hydrogens is 202 g/mol. The van der Waals surface area contributed by atoms with E-state index in [0.29, 0.717) is 6.54 Å². The summed E-state index contributed by atoms with van der Waals surface area (Å²) >= 11 is 0. The average Bonchev–Trinajstić information content (AvgIpc) is 2.57. The normalized spacial score (nSPS) is 10.6. The first kappa shape index (κ1) is 10.7. The summed E-state index contributed by atoms with van der Waals surface area (Å²) in [5.74, 6) is 0.890. The van der Waals surface area contributed by atoms with Crippen molar-refractivity contribution in [3.05, 3.63) is 24.3 Å². The summed E-state index contributed by atoms with van der Waals surface area (Å²) in [6.07, 6.45) is 0. The number of imidazole rings is 1. The van der Waals surface area contributed by atoms with Crippen LogP contribution in [0.3, 0.4) is 0 Å². The van der Waals surface area contributed by atoms with Crippen molar-refractivity contribution in [3.63, 3.8) is 0 Å². The summed E-state index contributed by atoms with van der Waals surface area (Å²) in [5, 5.41) is 3.17. The lowest BCUT2D eigenvalue weighted by atomic mass is 10.3. The number of hydrogen-bond acceptors (Lipinski definition) is 3. The van der Waals surface area contributed by atoms with E-state index < -0.39 is 0 Å². The molecule has 0 aliphatic heterocycles. The van der Waals surface area contributed by atoms with Crippen LogP contribution in [0, 0.1) is 0 Å². The molecule has 0 bridgehead atoms. The Labute approximate surface area is 94.3 Å². The molecule has 4 nitrogen and oxygen atoms in total. The number of nitrogens with one attached hydrogen (secondary N) is 1. The van der Waals surface area contributed by atoms with E-state index in [2.05, 4.69) is 10.3 Å². The molecule has 1 aromatic carbocycles. The minimum Gasteiger partial charge on any atom is -0.356 e. The number of aromatic nitrogens is 2. The summed E-state index contributed by atoms with van der Waals surface area (Å²) in [4.78, 5) is 15.7. The second-order valence-electron chi connectivity index (χ2n) is 3.74. The Morgan fingerprint density at radius 1 is 1.44 bits per heavy atom. The van der Waals surface area contributed by atoms with Gasteiger partial charge in [-0.25, -0.2) is 4.98 Å². The Morgan fingerprint density at radius 3 is 2.88 bits per heavy atom. The van der Waals surface area contributed by atoms with Crippen LogP contribution in [0.15, 0.2) is 24.3 Å². The molecule has 2 aromatic rings. The van der Waals surface area contributed by atoms with Gasteiger partial charge in [0.2, 0.25) is 5.95 Å². The van der Waals surface area contributed by atoms with Crippen LogP contribution < -0.4 is 5.32 Å². The molecule has 84 valence electrons. The van der Waals surface area contributed by atoms with Crippen LogP contribution >= 0.6 is 0 Å². The van der Waals surface area contributed by atoms with Gasteiger partial charge in [0.05, 0.1) is 17.6 Å². The number of Topliss-reactive ketones (excluding diaryl/α,β-unsaturated/α-hetero) is 1. The maximum absolute atomic E-state index is 11.2. The van der Waals surface area contributed by atoms with Crippen molar-refractivity contribution < 1.29 is 4.79 Å². The molecule has 0 unspecified atom stereocenters. The second kappa shape index (κ2) is 4.35. The molecule has 0 fully saturated rings. The number of carbonyl (C=O) groups excluding carboxylic acids is 1. The average molecular weight is 217 g/mol. The van der Waals surface area contributed by atoms with E-state index in [1.807, 2.05) is 35.8 Å². The molecule has 0 spiro atoms. The zero-order valence-electron chi connectivity index (χ0n) is 9.53. The van der Waals surface area contributed by atoms with Gasteiger partial charge >= 0.3 is 0 Å². The van der Waals surface area contributed by atoms with Gasteiger partial charge in [0.1, 0.15) is 5.78 Å². The van der Waals surface area contributed by atoms with Gasteiger partial charge in [0, 0.05) is 6.54 Å². The topological polar surface area (TPSA) is 46.9 Å². The first-order valence-electron chi connectivity index (χ1n) is 5.41. The second-order valence-corrected chi connectivity index (χ2v) is 3.74. The third-order valence-electron chi connectivity index (χ3n) is 2.37. The SMILES string of the molecule is CCNc1nc2ccccc2n1CC(C)=O. The lowest BCUT2D eigenvalue weighted by molar-refractivity contribution is -0.117. The highest BCUT2D eigenvalue weighted by Crippen LogP contribution is 2.19. The summed E-state index contributed by atoms with van der Waals surface area (Å²) < 4.78 is 1.92. The van der Waals surface area contributed by atoms with E-state index in [0.717, 1.165) is 23.5 Å². The van der Waals surface area contributed by atoms with Crippen LogP contribution in [0.5, 0.6) is 0 Å². The van der Waals surface area contributed by atoms with E-state index in [-0.39, 0.29) is 5.78 Å². The number of benzene rings is 1. The fourth-order valence-corrected chi connectivity index (χ4v) is 1.75. The van der Waals surface area contributed by atoms with Crippen LogP contribution in [-0.4, -0.2) is 21.9 Å². The van der Waals surface area contributed by atoms with E-state index in [4.69, 9.17) is 0 Å². The smallest absolute Gasteiger partial charge is 0.204 e. The third kappa shape index (κ3) is 1.91. The van der Waals surface area contributed by atoms with Gasteiger partial charge in [0.15, 0.2) is 0 Å². The zero-order valence-corrected chi connectivity index (χ0v) is 9.53. The lowest BCUT2D eigenvalue weighted by Crippen LogP contribution is -2.11. The predicted octanol–water partition coefficient (Wildman–Crippen LogP) is 2.06. The van der Waals surface area contributed by atoms with Crippen LogP contribution in [0.4, 0.5) is 5.95 Å². The Bertz CT molecular complexity index is 516. The molecule has 0 amide bonds. The van der Waals surface area contributed by atoms with Gasteiger partial charge in [-0.1, -0.05) is 12.1 Å². The molecule has 1 aromatic heterocycles. The molecule has 16 heavy (non-hydrogen) atoms. The predicted molar refractivity (Wildman–Crippen MR) is 64.6 cm³/mol. The summed E-state index contributed by atoms with van der Waals surface area (Å²) in [5.41, 5.74) is 1.91. The molecule has 0 saturated heterocycles. The van der Waals surface area contributed by atoms with Crippen molar-refractivity contribution in [3.8, 4) is 0 Å². The highest BCUT2D eigenvalue weighted by Gasteiger charge is 2.10. The quantitative estimate of drug-likeness (QED) is 0.852. The standard InChI is InChI=1S/C12H15N3O/c1-3-13-12-14-10-6-4-5-7-11(10)15(12)8-9(2)16/h4-7H,3,8H2,1-2H3,(H,13,14). The van der Waals surface area contributed by atoms with E-state index >= 15 is 0 Å². The first-order valence-corrected chi connectivity index (χ1v) is 5.41. The van der Waals surface area contributed by atoms with Crippen LogP contribution in [-0.2, 0) is 11.3 Å². The van der Waals surface area contributed by atoms with Crippen molar-refractivity contribution in [1.29, 1.82) is 0 Å². The van der Waals surface area contributed by atoms with E-state index in [1.165, 1.54) is 0 Å². The largest absolute Gasteiger partial charge is 0.356 e. The summed E-state index contributed by atoms with van der Waals surface area (Å²) in [6, 6.07) is 7.83. The number of anilines is 1. The number of carbonyl (C=O) groups is 1. The van der Waals surface area contributed by atoms with Gasteiger partial charge in [0.25, 0.3) is 0 Å². The molecule has 1 heterocycles. The molecule has 0 saturated carbocycles. The first-order chi connectivity index (χ1) is 7.72. The van der Waals surface area contributed by atoms with Crippen molar-refractivity contribution in [2.24, 2.45) is 0 Å². The van der Waals surface area contributed by atoms with Crippen molar-refractivity contribution >= 4 is 22.8 Å². The number of para-hydroxylation sites is 2. The number of ketones is 1. The molecule has 1 N–H and O–H groups in total. The molecule has 0 atom stereocenters. The number of rotatable bonds is 4. The molecule has 4 heteroatoms. The number of hydrogen-bond donors (Lipinski definition) is 1. The van der Waals surface area contributed by atoms with E-state index in [9.17, 15) is 4.79 Å². The Hall–Kier alpha value is -1.84. The molecule has 0 radical (unpaired) electrons. The van der Waals surface area contributed by atoms with Crippen molar-refractivity contribution in [2.75, 3.05) is 11.9 Å². The summed E-state index contributed by atoms with van der Waals surface area (Å²) in [6.45, 7) is 4.76. The number of nitrogens with zero attached hydrogens (tertiary/aromatic N) is 2. The van der Waals surface area contributed by atoms with E-state index in [1.54, 1.807) is 6.92 Å². The third-order valence-corrected chi connectivity index (χ3v) is 2.37. The maximum atomic E-state index is 11.2. The minimum atomic E-state index is 0.127. The molecule has 0 aliphatic rings. The lowest BCUT2D eigenvalue weighted by Gasteiger charge is -2.07. The summed E-state index contributed by atoms with van der Waals surface area (Å²) in [7, 11) is 0. The minimum absolute atomic E-state index is 0.127. The fraction of sp³-hybridized carbons (Fsp3) is 0.333. The van der Waals surface area contributed by atoms with Gasteiger partial charge in [-0.05, 0) is 26.0 Å². The number of fused-ring (bicyclic) bond motifs is 1. The molecular formula is C12H15N3O. The molecule has 2 rings (SSSR count). The maximum Gasteiger partial charge on any atom is 0.204 e. The van der Waals surface area contributed by atoms with Gasteiger partial charge < -0.3 is 9.88 Å². The van der Waals surface area contributed by atoms with Gasteiger partial charge in [-0.15, -0.1) is 0 Å². The highest BCUT2D eigenvalue weighted by atomic mass is 16.1. The van der Waals surface area contributed by atoms with Crippen molar-refractivity contribution in [2.45, 2.75) is 20.4 Å². The van der Waals surface area contributed by atoms with Crippen molar-refractivity contribution in [1.82, 2.24) is 9.55 Å².